The predicted molar refractivity (Wildman–Crippen MR) is 62.1 cm³/mol. The van der Waals surface area contributed by atoms with Crippen molar-refractivity contribution in [2.75, 3.05) is 11.9 Å². The van der Waals surface area contributed by atoms with Crippen LogP contribution in [0.2, 0.25) is 0 Å². The monoisotopic (exact) mass is 225 g/mol. The zero-order valence-corrected chi connectivity index (χ0v) is 9.62. The second kappa shape index (κ2) is 7.00. The first kappa shape index (κ1) is 12.7. The third kappa shape index (κ3) is 4.44. The third-order valence-electron chi connectivity index (χ3n) is 2.23. The van der Waals surface area contributed by atoms with E-state index in [4.69, 9.17) is 5.11 Å². The fraction of sp³-hybridized carbons (Fsp3) is 0.636. The average molecular weight is 225 g/mol. The summed E-state index contributed by atoms with van der Waals surface area (Å²) in [7, 11) is 0. The van der Waals surface area contributed by atoms with Crippen LogP contribution in [0, 0.1) is 0 Å². The van der Waals surface area contributed by atoms with E-state index >= 15 is 0 Å². The van der Waals surface area contributed by atoms with Crippen molar-refractivity contribution in [2.45, 2.75) is 39.0 Å². The Labute approximate surface area is 95.3 Å². The highest BCUT2D eigenvalue weighted by atomic mass is 16.2. The smallest absolute Gasteiger partial charge is 0.225 e. The van der Waals surface area contributed by atoms with Crippen LogP contribution in [-0.4, -0.2) is 27.8 Å². The van der Waals surface area contributed by atoms with Crippen molar-refractivity contribution in [1.82, 2.24) is 10.2 Å². The van der Waals surface area contributed by atoms with E-state index in [-0.39, 0.29) is 12.5 Å². The molecule has 1 rings (SSSR count). The van der Waals surface area contributed by atoms with E-state index in [9.17, 15) is 4.79 Å². The maximum absolute atomic E-state index is 11.4. The minimum atomic E-state index is -0.0528. The Bertz CT molecular complexity index is 323. The molecule has 1 heterocycles. The van der Waals surface area contributed by atoms with Gasteiger partial charge in [0.05, 0.1) is 0 Å². The van der Waals surface area contributed by atoms with E-state index in [1.54, 1.807) is 0 Å². The number of hydrogen-bond donors (Lipinski definition) is 3. The molecule has 0 radical (unpaired) electrons. The van der Waals surface area contributed by atoms with Gasteiger partial charge < -0.3 is 10.4 Å². The molecule has 0 bridgehead atoms. The first-order valence-electron chi connectivity index (χ1n) is 5.71. The zero-order valence-electron chi connectivity index (χ0n) is 9.62. The van der Waals surface area contributed by atoms with Crippen molar-refractivity contribution in [3.8, 4) is 0 Å². The molecule has 0 aromatic carbocycles. The lowest BCUT2D eigenvalue weighted by molar-refractivity contribution is -0.116. The Morgan fingerprint density at radius 1 is 1.56 bits per heavy atom. The normalized spacial score (nSPS) is 10.4. The van der Waals surface area contributed by atoms with Gasteiger partial charge in [0.15, 0.2) is 5.82 Å². The summed E-state index contributed by atoms with van der Waals surface area (Å²) in [6, 6.07) is 1.85. The van der Waals surface area contributed by atoms with Crippen molar-refractivity contribution in [3.63, 3.8) is 0 Å². The second-order valence-corrected chi connectivity index (χ2v) is 3.76. The van der Waals surface area contributed by atoms with Gasteiger partial charge in [0, 0.05) is 24.8 Å². The number of nitrogens with one attached hydrogen (secondary N) is 2. The number of unbranched alkanes of at least 4 members (excludes halogenated alkanes) is 1. The number of aromatic amines is 1. The molecule has 0 unspecified atom stereocenters. The van der Waals surface area contributed by atoms with Gasteiger partial charge in [-0.15, -0.1) is 0 Å². The molecule has 5 heteroatoms. The summed E-state index contributed by atoms with van der Waals surface area (Å²) in [6.45, 7) is 2.23. The summed E-state index contributed by atoms with van der Waals surface area (Å²) in [5.41, 5.74) is 1.04. The number of H-pyrrole nitrogens is 1. The zero-order chi connectivity index (χ0) is 11.8. The molecule has 1 amide bonds. The third-order valence-corrected chi connectivity index (χ3v) is 2.23. The van der Waals surface area contributed by atoms with Crippen molar-refractivity contribution in [1.29, 1.82) is 0 Å². The molecule has 0 saturated heterocycles. The predicted octanol–water partition coefficient (Wildman–Crippen LogP) is 1.46. The second-order valence-electron chi connectivity index (χ2n) is 3.76. The molecule has 90 valence electrons. The Kier molecular flexibility index (Phi) is 5.56. The Morgan fingerprint density at radius 3 is 3.06 bits per heavy atom. The minimum Gasteiger partial charge on any atom is -0.396 e. The van der Waals surface area contributed by atoms with Crippen LogP contribution >= 0.6 is 0 Å². The molecule has 1 aromatic rings. The largest absolute Gasteiger partial charge is 0.396 e. The maximum atomic E-state index is 11.4. The maximum Gasteiger partial charge on any atom is 0.225 e. The van der Waals surface area contributed by atoms with Crippen molar-refractivity contribution in [2.24, 2.45) is 0 Å². The molecular formula is C11H19N3O2. The quantitative estimate of drug-likeness (QED) is 0.615. The number of aromatic nitrogens is 2. The van der Waals surface area contributed by atoms with Gasteiger partial charge in [-0.25, -0.2) is 0 Å². The molecule has 0 aliphatic carbocycles. The summed E-state index contributed by atoms with van der Waals surface area (Å²) in [4.78, 5) is 11.4. The van der Waals surface area contributed by atoms with Gasteiger partial charge in [0.25, 0.3) is 0 Å². The fourth-order valence-corrected chi connectivity index (χ4v) is 1.43. The lowest BCUT2D eigenvalue weighted by atomic mass is 10.2. The number of hydrogen-bond acceptors (Lipinski definition) is 3. The Morgan fingerprint density at radius 2 is 2.38 bits per heavy atom. The molecular weight excluding hydrogens is 206 g/mol. The van der Waals surface area contributed by atoms with E-state index in [2.05, 4.69) is 22.4 Å². The van der Waals surface area contributed by atoms with Crippen LogP contribution < -0.4 is 5.32 Å². The van der Waals surface area contributed by atoms with Gasteiger partial charge in [0.1, 0.15) is 0 Å². The van der Waals surface area contributed by atoms with Crippen LogP contribution in [0.15, 0.2) is 6.07 Å². The topological polar surface area (TPSA) is 78.0 Å². The molecule has 16 heavy (non-hydrogen) atoms. The average Bonchev–Trinajstić information content (AvgIpc) is 2.66. The van der Waals surface area contributed by atoms with E-state index in [0.717, 1.165) is 18.5 Å². The lowest BCUT2D eigenvalue weighted by Gasteiger charge is -2.00. The summed E-state index contributed by atoms with van der Waals surface area (Å²) >= 11 is 0. The number of aliphatic hydroxyl groups excluding tert-OH is 1. The van der Waals surface area contributed by atoms with E-state index in [1.165, 1.54) is 0 Å². The molecule has 0 fully saturated rings. The first-order valence-corrected chi connectivity index (χ1v) is 5.71. The lowest BCUT2D eigenvalue weighted by Crippen LogP contribution is -2.11. The highest BCUT2D eigenvalue weighted by Crippen LogP contribution is 2.08. The standard InChI is InChI=1S/C11H19N3O2/c1-2-5-9-8-10(14-13-9)12-11(16)6-3-4-7-15/h8,15H,2-7H2,1H3,(H2,12,13,14,16). The molecule has 1 aromatic heterocycles. The van der Waals surface area contributed by atoms with Gasteiger partial charge in [0.2, 0.25) is 5.91 Å². The number of anilines is 1. The summed E-state index contributed by atoms with van der Waals surface area (Å²) in [6.07, 6.45) is 3.78. The molecule has 0 atom stereocenters. The number of aryl methyl sites for hydroxylation is 1. The summed E-state index contributed by atoms with van der Waals surface area (Å²) in [5, 5.41) is 18.2. The van der Waals surface area contributed by atoms with E-state index < -0.39 is 0 Å². The van der Waals surface area contributed by atoms with Crippen LogP contribution in [0.5, 0.6) is 0 Å². The van der Waals surface area contributed by atoms with Gasteiger partial charge in [-0.1, -0.05) is 13.3 Å². The fourth-order valence-electron chi connectivity index (χ4n) is 1.43. The van der Waals surface area contributed by atoms with E-state index in [0.29, 0.717) is 25.1 Å². The van der Waals surface area contributed by atoms with Gasteiger partial charge in [-0.2, -0.15) is 5.10 Å². The Hall–Kier alpha value is -1.36. The molecule has 0 aliphatic rings. The number of rotatable bonds is 7. The highest BCUT2D eigenvalue weighted by Gasteiger charge is 2.05. The number of aliphatic hydroxyl groups is 1. The van der Waals surface area contributed by atoms with Crippen molar-refractivity contribution in [3.05, 3.63) is 11.8 Å². The highest BCUT2D eigenvalue weighted by molar-refractivity contribution is 5.89. The van der Waals surface area contributed by atoms with Gasteiger partial charge in [-0.3, -0.25) is 9.89 Å². The SMILES string of the molecule is CCCc1cc(NC(=O)CCCCO)n[nH]1. The van der Waals surface area contributed by atoms with Crippen LogP contribution in [0.3, 0.4) is 0 Å². The van der Waals surface area contributed by atoms with Crippen molar-refractivity contribution < 1.29 is 9.90 Å². The Balaban J connectivity index is 2.31. The van der Waals surface area contributed by atoms with E-state index in [1.807, 2.05) is 6.07 Å². The number of amides is 1. The van der Waals surface area contributed by atoms with Crippen LogP contribution in [0.25, 0.3) is 0 Å². The van der Waals surface area contributed by atoms with Crippen molar-refractivity contribution >= 4 is 11.7 Å². The van der Waals surface area contributed by atoms with Gasteiger partial charge >= 0.3 is 0 Å². The van der Waals surface area contributed by atoms with Crippen LogP contribution in [0.4, 0.5) is 5.82 Å². The molecule has 0 saturated carbocycles. The molecule has 0 spiro atoms. The number of nitrogens with zero attached hydrogens (tertiary/aromatic N) is 1. The summed E-state index contributed by atoms with van der Waals surface area (Å²) < 4.78 is 0. The number of carbonyl (C=O) groups excluding carboxylic acids is 1. The first-order chi connectivity index (χ1) is 7.76. The van der Waals surface area contributed by atoms with Crippen LogP contribution in [-0.2, 0) is 11.2 Å². The molecule has 0 aliphatic heterocycles. The van der Waals surface area contributed by atoms with Crippen LogP contribution in [0.1, 0.15) is 38.3 Å². The molecule has 5 nitrogen and oxygen atoms in total. The molecule has 3 N–H and O–H groups in total. The minimum absolute atomic E-state index is 0.0528. The number of carbonyl (C=O) groups is 1. The van der Waals surface area contributed by atoms with Gasteiger partial charge in [-0.05, 0) is 19.3 Å². The summed E-state index contributed by atoms with van der Waals surface area (Å²) in [5.74, 6) is 0.528.